The second kappa shape index (κ2) is 6.91. The van der Waals surface area contributed by atoms with Gasteiger partial charge in [-0.1, -0.05) is 0 Å². The lowest BCUT2D eigenvalue weighted by Crippen LogP contribution is -2.25. The van der Waals surface area contributed by atoms with Crippen LogP contribution >= 0.6 is 11.3 Å². The topological polar surface area (TPSA) is 60.5 Å². The minimum Gasteiger partial charge on any atom is -0.493 e. The lowest BCUT2D eigenvalue weighted by atomic mass is 10.2. The first-order valence-electron chi connectivity index (χ1n) is 6.13. The molecule has 0 aliphatic heterocycles. The molecule has 106 valence electrons. The predicted octanol–water partition coefficient (Wildman–Crippen LogP) is 2.13. The number of carbonyl (C=O) groups is 1. The Morgan fingerprint density at radius 1 is 1.30 bits per heavy atom. The Morgan fingerprint density at radius 3 is 2.75 bits per heavy atom. The molecule has 0 fully saturated rings. The van der Waals surface area contributed by atoms with Crippen molar-refractivity contribution >= 4 is 17.2 Å². The highest BCUT2D eigenvalue weighted by Gasteiger charge is 2.10. The summed E-state index contributed by atoms with van der Waals surface area (Å²) in [7, 11) is 3.10. The summed E-state index contributed by atoms with van der Waals surface area (Å²) >= 11 is 1.58. The van der Waals surface area contributed by atoms with Gasteiger partial charge >= 0.3 is 0 Å². The molecule has 0 bridgehead atoms. The summed E-state index contributed by atoms with van der Waals surface area (Å²) in [5.41, 5.74) is 0.543. The maximum Gasteiger partial charge on any atom is 0.251 e. The molecule has 20 heavy (non-hydrogen) atoms. The number of hydrogen-bond donors (Lipinski definition) is 1. The van der Waals surface area contributed by atoms with Crippen molar-refractivity contribution in [1.29, 1.82) is 0 Å². The van der Waals surface area contributed by atoms with Gasteiger partial charge in [-0.15, -0.1) is 11.3 Å². The fraction of sp³-hybridized carbons (Fsp3) is 0.286. The molecule has 0 aliphatic carbocycles. The van der Waals surface area contributed by atoms with E-state index in [9.17, 15) is 4.79 Å². The standard InChI is InChI=1S/C14H16N2O3S/c1-18-11-4-3-10(9-12(11)19-2)14(17)16-6-5-13-15-7-8-20-13/h3-4,7-9H,5-6H2,1-2H3,(H,16,17). The number of amides is 1. The van der Waals surface area contributed by atoms with Crippen LogP contribution < -0.4 is 14.8 Å². The van der Waals surface area contributed by atoms with Crippen LogP contribution in [-0.2, 0) is 6.42 Å². The number of rotatable bonds is 6. The molecule has 6 heteroatoms. The molecule has 1 N–H and O–H groups in total. The van der Waals surface area contributed by atoms with Crippen LogP contribution in [0.15, 0.2) is 29.8 Å². The van der Waals surface area contributed by atoms with E-state index in [2.05, 4.69) is 10.3 Å². The van der Waals surface area contributed by atoms with E-state index in [1.807, 2.05) is 5.38 Å². The van der Waals surface area contributed by atoms with Crippen LogP contribution in [0.25, 0.3) is 0 Å². The lowest BCUT2D eigenvalue weighted by Gasteiger charge is -2.09. The molecule has 1 aromatic carbocycles. The quantitative estimate of drug-likeness (QED) is 0.886. The summed E-state index contributed by atoms with van der Waals surface area (Å²) in [6, 6.07) is 5.09. The van der Waals surface area contributed by atoms with Gasteiger partial charge in [-0.3, -0.25) is 4.79 Å². The average Bonchev–Trinajstić information content (AvgIpc) is 2.99. The summed E-state index contributed by atoms with van der Waals surface area (Å²) in [4.78, 5) is 16.2. The number of carbonyl (C=O) groups excluding carboxylic acids is 1. The minimum atomic E-state index is -0.137. The molecule has 0 saturated heterocycles. The zero-order chi connectivity index (χ0) is 14.4. The van der Waals surface area contributed by atoms with Crippen LogP contribution in [-0.4, -0.2) is 31.7 Å². The van der Waals surface area contributed by atoms with Gasteiger partial charge in [0.15, 0.2) is 11.5 Å². The molecule has 0 spiro atoms. The first kappa shape index (κ1) is 14.3. The molecule has 0 aliphatic rings. The van der Waals surface area contributed by atoms with Crippen molar-refractivity contribution in [3.8, 4) is 11.5 Å². The highest BCUT2D eigenvalue weighted by molar-refractivity contribution is 7.09. The van der Waals surface area contributed by atoms with E-state index in [0.29, 0.717) is 23.6 Å². The number of hydrogen-bond acceptors (Lipinski definition) is 5. The summed E-state index contributed by atoms with van der Waals surface area (Å²) in [6.07, 6.45) is 2.49. The number of thiazole rings is 1. The molecule has 1 heterocycles. The first-order valence-corrected chi connectivity index (χ1v) is 7.01. The van der Waals surface area contributed by atoms with Gasteiger partial charge in [0.2, 0.25) is 0 Å². The third kappa shape index (κ3) is 3.48. The Kier molecular flexibility index (Phi) is 4.95. The van der Waals surface area contributed by atoms with E-state index in [1.54, 1.807) is 50.0 Å². The summed E-state index contributed by atoms with van der Waals surface area (Å²) < 4.78 is 10.3. The van der Waals surface area contributed by atoms with Crippen LogP contribution in [0.3, 0.4) is 0 Å². The maximum atomic E-state index is 12.0. The number of nitrogens with one attached hydrogen (secondary N) is 1. The van der Waals surface area contributed by atoms with Gasteiger partial charge in [-0.2, -0.15) is 0 Å². The first-order chi connectivity index (χ1) is 9.74. The maximum absolute atomic E-state index is 12.0. The van der Waals surface area contributed by atoms with Crippen molar-refractivity contribution in [2.45, 2.75) is 6.42 Å². The van der Waals surface area contributed by atoms with E-state index in [0.717, 1.165) is 11.4 Å². The fourth-order valence-electron chi connectivity index (χ4n) is 1.74. The van der Waals surface area contributed by atoms with Crippen molar-refractivity contribution in [1.82, 2.24) is 10.3 Å². The Hall–Kier alpha value is -2.08. The van der Waals surface area contributed by atoms with Crippen LogP contribution in [0, 0.1) is 0 Å². The van der Waals surface area contributed by atoms with Crippen LogP contribution in [0.2, 0.25) is 0 Å². The molecule has 1 aromatic heterocycles. The van der Waals surface area contributed by atoms with E-state index in [1.165, 1.54) is 0 Å². The molecule has 2 aromatic rings. The van der Waals surface area contributed by atoms with Crippen molar-refractivity contribution < 1.29 is 14.3 Å². The molecule has 0 saturated carbocycles. The molecular weight excluding hydrogens is 276 g/mol. The zero-order valence-corrected chi connectivity index (χ0v) is 12.2. The Labute approximate surface area is 121 Å². The van der Waals surface area contributed by atoms with Crippen molar-refractivity contribution in [3.05, 3.63) is 40.3 Å². The third-order valence-corrected chi connectivity index (χ3v) is 3.59. The molecule has 1 amide bonds. The number of ether oxygens (including phenoxy) is 2. The monoisotopic (exact) mass is 292 g/mol. The van der Waals surface area contributed by atoms with Crippen molar-refractivity contribution in [2.24, 2.45) is 0 Å². The Balaban J connectivity index is 1.95. The Bertz CT molecular complexity index is 570. The van der Waals surface area contributed by atoms with Gasteiger partial charge in [0.1, 0.15) is 0 Å². The van der Waals surface area contributed by atoms with E-state index in [-0.39, 0.29) is 5.91 Å². The second-order valence-electron chi connectivity index (χ2n) is 4.00. The van der Waals surface area contributed by atoms with Crippen molar-refractivity contribution in [3.63, 3.8) is 0 Å². The van der Waals surface area contributed by atoms with Gasteiger partial charge in [-0.25, -0.2) is 4.98 Å². The van der Waals surface area contributed by atoms with Gasteiger partial charge in [0.05, 0.1) is 19.2 Å². The number of aromatic nitrogens is 1. The largest absolute Gasteiger partial charge is 0.493 e. The molecule has 5 nitrogen and oxygen atoms in total. The van der Waals surface area contributed by atoms with Gasteiger partial charge in [0, 0.05) is 30.1 Å². The highest BCUT2D eigenvalue weighted by Crippen LogP contribution is 2.27. The normalized spacial score (nSPS) is 10.1. The minimum absolute atomic E-state index is 0.137. The Morgan fingerprint density at radius 2 is 2.10 bits per heavy atom. The smallest absolute Gasteiger partial charge is 0.251 e. The molecule has 0 unspecified atom stereocenters. The van der Waals surface area contributed by atoms with Crippen molar-refractivity contribution in [2.75, 3.05) is 20.8 Å². The van der Waals surface area contributed by atoms with E-state index in [4.69, 9.17) is 9.47 Å². The molecule has 0 radical (unpaired) electrons. The van der Waals surface area contributed by atoms with E-state index < -0.39 is 0 Å². The number of benzene rings is 1. The lowest BCUT2D eigenvalue weighted by molar-refractivity contribution is 0.0953. The molecule has 2 rings (SSSR count). The fourth-order valence-corrected chi connectivity index (χ4v) is 2.36. The van der Waals surface area contributed by atoms with Gasteiger partial charge < -0.3 is 14.8 Å². The zero-order valence-electron chi connectivity index (χ0n) is 11.4. The van der Waals surface area contributed by atoms with Crippen LogP contribution in [0.4, 0.5) is 0 Å². The summed E-state index contributed by atoms with van der Waals surface area (Å²) in [6.45, 7) is 0.556. The number of methoxy groups -OCH3 is 2. The van der Waals surface area contributed by atoms with Crippen LogP contribution in [0.5, 0.6) is 11.5 Å². The summed E-state index contributed by atoms with van der Waals surface area (Å²) in [5, 5.41) is 5.79. The number of nitrogens with zero attached hydrogens (tertiary/aromatic N) is 1. The summed E-state index contributed by atoms with van der Waals surface area (Å²) in [5.74, 6) is 1.01. The predicted molar refractivity (Wildman–Crippen MR) is 77.7 cm³/mol. The average molecular weight is 292 g/mol. The SMILES string of the molecule is COc1ccc(C(=O)NCCc2nccs2)cc1OC. The van der Waals surface area contributed by atoms with Gasteiger partial charge in [-0.05, 0) is 18.2 Å². The third-order valence-electron chi connectivity index (χ3n) is 2.75. The van der Waals surface area contributed by atoms with Gasteiger partial charge in [0.25, 0.3) is 5.91 Å². The molecule has 0 atom stereocenters. The highest BCUT2D eigenvalue weighted by atomic mass is 32.1. The van der Waals surface area contributed by atoms with E-state index >= 15 is 0 Å². The van der Waals surface area contributed by atoms with Crippen LogP contribution in [0.1, 0.15) is 15.4 Å². The second-order valence-corrected chi connectivity index (χ2v) is 4.98. The molecular formula is C14H16N2O3S.